The van der Waals surface area contributed by atoms with Gasteiger partial charge in [0.2, 0.25) is 0 Å². The molecule has 0 amide bonds. The number of ketones is 1. The third-order valence-electron chi connectivity index (χ3n) is 2.74. The van der Waals surface area contributed by atoms with E-state index in [9.17, 15) is 4.79 Å². The van der Waals surface area contributed by atoms with E-state index in [0.29, 0.717) is 6.61 Å². The number of hydrogen-bond donors (Lipinski definition) is 0. The molecule has 0 saturated carbocycles. The molecule has 2 rings (SSSR count). The molecule has 0 fully saturated rings. The van der Waals surface area contributed by atoms with Crippen LogP contribution >= 0.6 is 0 Å². The monoisotopic (exact) mass is 244 g/mol. The molecule has 0 spiro atoms. The number of aryl methyl sites for hydroxylation is 2. The molecule has 0 bridgehead atoms. The van der Waals surface area contributed by atoms with E-state index in [-0.39, 0.29) is 12.4 Å². The molecular formula is C15H16O3. The summed E-state index contributed by atoms with van der Waals surface area (Å²) >= 11 is 0. The van der Waals surface area contributed by atoms with Gasteiger partial charge in [0.15, 0.2) is 5.78 Å². The normalized spacial score (nSPS) is 10.6. The predicted octanol–water partition coefficient (Wildman–Crippen LogP) is 3.30. The van der Waals surface area contributed by atoms with Crippen molar-refractivity contribution in [2.45, 2.75) is 20.5 Å². The molecule has 3 nitrogen and oxygen atoms in total. The first-order valence-electron chi connectivity index (χ1n) is 5.87. The van der Waals surface area contributed by atoms with Crippen molar-refractivity contribution in [1.82, 2.24) is 0 Å². The highest BCUT2D eigenvalue weighted by molar-refractivity contribution is 5.98. The molecule has 0 saturated heterocycles. The summed E-state index contributed by atoms with van der Waals surface area (Å²) in [6, 6.07) is 9.40. The van der Waals surface area contributed by atoms with Gasteiger partial charge in [-0.1, -0.05) is 23.8 Å². The van der Waals surface area contributed by atoms with E-state index in [1.165, 1.54) is 0 Å². The molecule has 1 heterocycles. The number of carbonyl (C=O) groups is 1. The Morgan fingerprint density at radius 1 is 1.28 bits per heavy atom. The summed E-state index contributed by atoms with van der Waals surface area (Å²) in [6.07, 6.45) is 1.59. The van der Waals surface area contributed by atoms with Crippen LogP contribution in [0.5, 0.6) is 0 Å². The lowest BCUT2D eigenvalue weighted by molar-refractivity contribution is 0.0690. The zero-order valence-corrected chi connectivity index (χ0v) is 10.6. The topological polar surface area (TPSA) is 39.4 Å². The number of benzene rings is 1. The van der Waals surface area contributed by atoms with Gasteiger partial charge in [-0.2, -0.15) is 0 Å². The number of rotatable bonds is 5. The zero-order valence-electron chi connectivity index (χ0n) is 10.6. The van der Waals surface area contributed by atoms with Gasteiger partial charge in [-0.3, -0.25) is 4.79 Å². The summed E-state index contributed by atoms with van der Waals surface area (Å²) in [7, 11) is 0. The lowest BCUT2D eigenvalue weighted by atomic mass is 10.0. The average molecular weight is 244 g/mol. The molecule has 0 radical (unpaired) electrons. The van der Waals surface area contributed by atoms with Crippen molar-refractivity contribution < 1.29 is 13.9 Å². The third kappa shape index (κ3) is 3.08. The number of ether oxygens (including phenoxy) is 1. The van der Waals surface area contributed by atoms with Crippen LogP contribution in [0.15, 0.2) is 41.0 Å². The maximum absolute atomic E-state index is 11.9. The number of carbonyl (C=O) groups excluding carboxylic acids is 1. The fraction of sp³-hybridized carbons (Fsp3) is 0.267. The highest BCUT2D eigenvalue weighted by atomic mass is 16.5. The fourth-order valence-electron chi connectivity index (χ4n) is 1.84. The Labute approximate surface area is 106 Å². The molecule has 0 aliphatic carbocycles. The van der Waals surface area contributed by atoms with Gasteiger partial charge >= 0.3 is 0 Å². The number of Topliss-reactive ketones (excluding diaryl/α,β-unsaturated/α-hetero) is 1. The molecule has 1 aromatic carbocycles. The van der Waals surface area contributed by atoms with Gasteiger partial charge in [-0.05, 0) is 31.5 Å². The number of furan rings is 1. The highest BCUT2D eigenvalue weighted by Gasteiger charge is 2.09. The largest absolute Gasteiger partial charge is 0.467 e. The van der Waals surface area contributed by atoms with E-state index < -0.39 is 0 Å². The smallest absolute Gasteiger partial charge is 0.188 e. The van der Waals surface area contributed by atoms with Crippen molar-refractivity contribution >= 4 is 5.78 Å². The van der Waals surface area contributed by atoms with Crippen LogP contribution in [0.2, 0.25) is 0 Å². The molecule has 0 aliphatic heterocycles. The van der Waals surface area contributed by atoms with Crippen LogP contribution in [0.3, 0.4) is 0 Å². The minimum atomic E-state index is -0.000874. The summed E-state index contributed by atoms with van der Waals surface area (Å²) in [5.41, 5.74) is 2.86. The maximum Gasteiger partial charge on any atom is 0.188 e. The summed E-state index contributed by atoms with van der Waals surface area (Å²) in [4.78, 5) is 11.9. The van der Waals surface area contributed by atoms with Crippen LogP contribution in [0.25, 0.3) is 0 Å². The van der Waals surface area contributed by atoms with Crippen molar-refractivity contribution in [3.63, 3.8) is 0 Å². The predicted molar refractivity (Wildman–Crippen MR) is 68.6 cm³/mol. The molecule has 0 unspecified atom stereocenters. The van der Waals surface area contributed by atoms with Gasteiger partial charge in [-0.25, -0.2) is 0 Å². The molecule has 0 atom stereocenters. The van der Waals surface area contributed by atoms with Crippen LogP contribution in [0.1, 0.15) is 27.2 Å². The van der Waals surface area contributed by atoms with Gasteiger partial charge in [0, 0.05) is 5.56 Å². The summed E-state index contributed by atoms with van der Waals surface area (Å²) in [5.74, 6) is 0.725. The Morgan fingerprint density at radius 2 is 2.11 bits per heavy atom. The van der Waals surface area contributed by atoms with Crippen LogP contribution in [0, 0.1) is 13.8 Å². The first kappa shape index (κ1) is 12.6. The van der Waals surface area contributed by atoms with Crippen molar-refractivity contribution in [1.29, 1.82) is 0 Å². The van der Waals surface area contributed by atoms with Crippen molar-refractivity contribution in [2.24, 2.45) is 0 Å². The minimum absolute atomic E-state index is 0.000874. The van der Waals surface area contributed by atoms with Crippen LogP contribution in [-0.2, 0) is 11.3 Å². The fourth-order valence-corrected chi connectivity index (χ4v) is 1.84. The standard InChI is InChI=1S/C15H16O3/c1-11-5-6-14(12(2)8-11)15(16)10-17-9-13-4-3-7-18-13/h3-8H,9-10H2,1-2H3. The summed E-state index contributed by atoms with van der Waals surface area (Å²) in [5, 5.41) is 0. The van der Waals surface area contributed by atoms with E-state index >= 15 is 0 Å². The quantitative estimate of drug-likeness (QED) is 0.757. The first-order chi connectivity index (χ1) is 8.66. The van der Waals surface area contributed by atoms with Crippen molar-refractivity contribution in [2.75, 3.05) is 6.61 Å². The van der Waals surface area contributed by atoms with E-state index in [0.717, 1.165) is 22.5 Å². The van der Waals surface area contributed by atoms with Gasteiger partial charge in [0.05, 0.1) is 6.26 Å². The lowest BCUT2D eigenvalue weighted by Crippen LogP contribution is -2.10. The van der Waals surface area contributed by atoms with Crippen LogP contribution in [-0.4, -0.2) is 12.4 Å². The second kappa shape index (κ2) is 5.65. The summed E-state index contributed by atoms with van der Waals surface area (Å²) < 4.78 is 10.5. The molecule has 18 heavy (non-hydrogen) atoms. The Balaban J connectivity index is 1.91. The molecule has 1 aromatic heterocycles. The lowest BCUT2D eigenvalue weighted by Gasteiger charge is -2.06. The zero-order chi connectivity index (χ0) is 13.0. The van der Waals surface area contributed by atoms with Gasteiger partial charge in [0.1, 0.15) is 19.0 Å². The van der Waals surface area contributed by atoms with Crippen molar-refractivity contribution in [3.8, 4) is 0 Å². The maximum atomic E-state index is 11.9. The molecule has 2 aromatic rings. The highest BCUT2D eigenvalue weighted by Crippen LogP contribution is 2.12. The second-order valence-corrected chi connectivity index (χ2v) is 4.31. The van der Waals surface area contributed by atoms with E-state index in [2.05, 4.69) is 0 Å². The Bertz CT molecular complexity index is 527. The van der Waals surface area contributed by atoms with Gasteiger partial charge < -0.3 is 9.15 Å². The minimum Gasteiger partial charge on any atom is -0.467 e. The Morgan fingerprint density at radius 3 is 2.78 bits per heavy atom. The van der Waals surface area contributed by atoms with Gasteiger partial charge in [0.25, 0.3) is 0 Å². The molecule has 0 aliphatic rings. The average Bonchev–Trinajstić information content (AvgIpc) is 2.81. The molecule has 94 valence electrons. The molecular weight excluding hydrogens is 228 g/mol. The Kier molecular flexibility index (Phi) is 3.95. The first-order valence-corrected chi connectivity index (χ1v) is 5.87. The van der Waals surface area contributed by atoms with E-state index in [1.807, 2.05) is 38.1 Å². The summed E-state index contributed by atoms with van der Waals surface area (Å²) in [6.45, 7) is 4.34. The Hall–Kier alpha value is -1.87. The van der Waals surface area contributed by atoms with E-state index in [4.69, 9.17) is 9.15 Å². The van der Waals surface area contributed by atoms with Crippen LogP contribution < -0.4 is 0 Å². The van der Waals surface area contributed by atoms with E-state index in [1.54, 1.807) is 12.3 Å². The SMILES string of the molecule is Cc1ccc(C(=O)COCc2ccco2)c(C)c1. The van der Waals surface area contributed by atoms with Gasteiger partial charge in [-0.15, -0.1) is 0 Å². The third-order valence-corrected chi connectivity index (χ3v) is 2.74. The molecule has 0 N–H and O–H groups in total. The molecule has 3 heteroatoms. The second-order valence-electron chi connectivity index (χ2n) is 4.31. The van der Waals surface area contributed by atoms with Crippen LogP contribution in [0.4, 0.5) is 0 Å². The number of hydrogen-bond acceptors (Lipinski definition) is 3. The van der Waals surface area contributed by atoms with Crippen molar-refractivity contribution in [3.05, 3.63) is 59.0 Å².